The number of rotatable bonds is 4. The standard InChI is InChI=1S/C15H17N3O/c1-2-11-8-15(19)18(10-11)6-5-12-3-4-13-9-16-17-14(13)7-12/h2-4,7,9,11H,1,5-6,8,10H2,(H,16,17). The Labute approximate surface area is 112 Å². The van der Waals surface area contributed by atoms with Crippen molar-refractivity contribution in [3.63, 3.8) is 0 Å². The molecule has 0 aliphatic carbocycles. The molecular formula is C15H17N3O. The van der Waals surface area contributed by atoms with Gasteiger partial charge in [-0.15, -0.1) is 6.58 Å². The maximum absolute atomic E-state index is 11.8. The van der Waals surface area contributed by atoms with Crippen LogP contribution >= 0.6 is 0 Å². The third kappa shape index (κ3) is 2.38. The van der Waals surface area contributed by atoms with Crippen molar-refractivity contribution in [2.75, 3.05) is 13.1 Å². The molecule has 1 aliphatic heterocycles. The van der Waals surface area contributed by atoms with Crippen molar-refractivity contribution in [3.8, 4) is 0 Å². The van der Waals surface area contributed by atoms with Crippen molar-refractivity contribution in [1.29, 1.82) is 0 Å². The van der Waals surface area contributed by atoms with Gasteiger partial charge < -0.3 is 4.90 Å². The molecule has 0 bridgehead atoms. The van der Waals surface area contributed by atoms with Crippen molar-refractivity contribution < 1.29 is 4.79 Å². The second-order valence-electron chi connectivity index (χ2n) is 5.08. The first-order valence-electron chi connectivity index (χ1n) is 6.58. The zero-order chi connectivity index (χ0) is 13.2. The molecule has 1 unspecified atom stereocenters. The van der Waals surface area contributed by atoms with Gasteiger partial charge in [-0.05, 0) is 18.1 Å². The van der Waals surface area contributed by atoms with Gasteiger partial charge >= 0.3 is 0 Å². The number of aromatic nitrogens is 2. The minimum atomic E-state index is 0.243. The number of benzene rings is 1. The minimum Gasteiger partial charge on any atom is -0.342 e. The summed E-state index contributed by atoms with van der Waals surface area (Å²) in [5, 5.41) is 8.10. The van der Waals surface area contributed by atoms with E-state index in [4.69, 9.17) is 0 Å². The number of H-pyrrole nitrogens is 1. The normalized spacial score (nSPS) is 19.3. The fourth-order valence-corrected chi connectivity index (χ4v) is 2.58. The molecule has 4 heteroatoms. The smallest absolute Gasteiger partial charge is 0.223 e. The van der Waals surface area contributed by atoms with Gasteiger partial charge in [-0.25, -0.2) is 0 Å². The zero-order valence-electron chi connectivity index (χ0n) is 10.8. The topological polar surface area (TPSA) is 49.0 Å². The lowest BCUT2D eigenvalue weighted by Gasteiger charge is -2.15. The number of aromatic amines is 1. The van der Waals surface area contributed by atoms with Crippen molar-refractivity contribution in [1.82, 2.24) is 15.1 Å². The molecule has 1 N–H and O–H groups in total. The molecule has 3 rings (SSSR count). The van der Waals surface area contributed by atoms with Crippen LogP contribution in [-0.2, 0) is 11.2 Å². The number of carbonyl (C=O) groups excluding carboxylic acids is 1. The molecule has 2 heterocycles. The van der Waals surface area contributed by atoms with Crippen LogP contribution < -0.4 is 0 Å². The van der Waals surface area contributed by atoms with E-state index in [-0.39, 0.29) is 5.91 Å². The van der Waals surface area contributed by atoms with Gasteiger partial charge in [0.05, 0.1) is 11.7 Å². The van der Waals surface area contributed by atoms with Crippen molar-refractivity contribution in [3.05, 3.63) is 42.6 Å². The number of fused-ring (bicyclic) bond motifs is 1. The van der Waals surface area contributed by atoms with Crippen LogP contribution in [0, 0.1) is 5.92 Å². The van der Waals surface area contributed by atoms with Crippen LogP contribution in [0.2, 0.25) is 0 Å². The summed E-state index contributed by atoms with van der Waals surface area (Å²) < 4.78 is 0. The summed E-state index contributed by atoms with van der Waals surface area (Å²) in [7, 11) is 0. The Kier molecular flexibility index (Phi) is 3.07. The molecule has 1 aromatic carbocycles. The van der Waals surface area contributed by atoms with Crippen LogP contribution in [0.4, 0.5) is 0 Å². The summed E-state index contributed by atoms with van der Waals surface area (Å²) in [4.78, 5) is 13.7. The summed E-state index contributed by atoms with van der Waals surface area (Å²) in [5.74, 6) is 0.565. The Morgan fingerprint density at radius 2 is 2.42 bits per heavy atom. The summed E-state index contributed by atoms with van der Waals surface area (Å²) in [5.41, 5.74) is 2.28. The number of carbonyl (C=O) groups is 1. The molecule has 0 radical (unpaired) electrons. The third-order valence-electron chi connectivity index (χ3n) is 3.75. The lowest BCUT2D eigenvalue weighted by atomic mass is 10.1. The SMILES string of the molecule is C=CC1CC(=O)N(CCc2ccc3cn[nH]c3c2)C1. The number of hydrogen-bond donors (Lipinski definition) is 1. The second kappa shape index (κ2) is 4.88. The predicted molar refractivity (Wildman–Crippen MR) is 74.7 cm³/mol. The van der Waals surface area contributed by atoms with Gasteiger partial charge in [0.25, 0.3) is 0 Å². The van der Waals surface area contributed by atoms with Crippen LogP contribution in [0.5, 0.6) is 0 Å². The minimum absolute atomic E-state index is 0.243. The zero-order valence-corrected chi connectivity index (χ0v) is 10.8. The van der Waals surface area contributed by atoms with Crippen molar-refractivity contribution in [2.24, 2.45) is 5.92 Å². The fourth-order valence-electron chi connectivity index (χ4n) is 2.58. The maximum atomic E-state index is 11.8. The number of amides is 1. The number of nitrogens with one attached hydrogen (secondary N) is 1. The molecule has 4 nitrogen and oxygen atoms in total. The Morgan fingerprint density at radius 1 is 1.53 bits per heavy atom. The quantitative estimate of drug-likeness (QED) is 0.851. The van der Waals surface area contributed by atoms with Gasteiger partial charge in [-0.2, -0.15) is 5.10 Å². The van der Waals surface area contributed by atoms with Crippen LogP contribution in [0.15, 0.2) is 37.1 Å². The third-order valence-corrected chi connectivity index (χ3v) is 3.75. The van der Waals surface area contributed by atoms with E-state index in [0.717, 1.165) is 30.4 Å². The number of likely N-dealkylation sites (tertiary alicyclic amines) is 1. The molecule has 1 aromatic heterocycles. The monoisotopic (exact) mass is 255 g/mol. The van der Waals surface area contributed by atoms with Crippen LogP contribution in [0.25, 0.3) is 10.9 Å². The molecule has 98 valence electrons. The average Bonchev–Trinajstić information content (AvgIpc) is 3.02. The van der Waals surface area contributed by atoms with E-state index >= 15 is 0 Å². The van der Waals surface area contributed by atoms with Gasteiger partial charge in [0, 0.05) is 30.8 Å². The van der Waals surface area contributed by atoms with E-state index in [1.165, 1.54) is 5.56 Å². The highest BCUT2D eigenvalue weighted by atomic mass is 16.2. The summed E-state index contributed by atoms with van der Waals surface area (Å²) in [6, 6.07) is 6.27. The lowest BCUT2D eigenvalue weighted by molar-refractivity contribution is -0.127. The van der Waals surface area contributed by atoms with E-state index < -0.39 is 0 Å². The molecule has 0 saturated carbocycles. The predicted octanol–water partition coefficient (Wildman–Crippen LogP) is 2.14. The highest BCUT2D eigenvalue weighted by Gasteiger charge is 2.26. The summed E-state index contributed by atoms with van der Waals surface area (Å²) in [6.07, 6.45) is 5.19. The average molecular weight is 255 g/mol. The molecular weight excluding hydrogens is 238 g/mol. The van der Waals surface area contributed by atoms with Crippen LogP contribution in [0.1, 0.15) is 12.0 Å². The van der Waals surface area contributed by atoms with Crippen LogP contribution in [-0.4, -0.2) is 34.1 Å². The number of hydrogen-bond acceptors (Lipinski definition) is 2. The molecule has 2 aromatic rings. The highest BCUT2D eigenvalue weighted by Crippen LogP contribution is 2.19. The first kappa shape index (κ1) is 12.0. The maximum Gasteiger partial charge on any atom is 0.223 e. The van der Waals surface area contributed by atoms with Crippen molar-refractivity contribution >= 4 is 16.8 Å². The largest absolute Gasteiger partial charge is 0.342 e. The molecule has 1 saturated heterocycles. The molecule has 19 heavy (non-hydrogen) atoms. The fraction of sp³-hybridized carbons (Fsp3) is 0.333. The molecule has 1 fully saturated rings. The Bertz CT molecular complexity index is 617. The van der Waals surface area contributed by atoms with Gasteiger partial charge in [-0.3, -0.25) is 9.89 Å². The first-order chi connectivity index (χ1) is 9.26. The van der Waals surface area contributed by atoms with Gasteiger partial charge in [0.2, 0.25) is 5.91 Å². The molecule has 1 aliphatic rings. The highest BCUT2D eigenvalue weighted by molar-refractivity contribution is 5.79. The van der Waals surface area contributed by atoms with E-state index in [0.29, 0.717) is 12.3 Å². The summed E-state index contributed by atoms with van der Waals surface area (Å²) >= 11 is 0. The number of nitrogens with zero attached hydrogens (tertiary/aromatic N) is 2. The lowest BCUT2D eigenvalue weighted by Crippen LogP contribution is -2.27. The van der Waals surface area contributed by atoms with E-state index in [1.807, 2.05) is 17.2 Å². The van der Waals surface area contributed by atoms with Gasteiger partial charge in [0.1, 0.15) is 0 Å². The van der Waals surface area contributed by atoms with E-state index in [9.17, 15) is 4.79 Å². The van der Waals surface area contributed by atoms with Crippen LogP contribution in [0.3, 0.4) is 0 Å². The van der Waals surface area contributed by atoms with E-state index in [1.54, 1.807) is 0 Å². The van der Waals surface area contributed by atoms with Gasteiger partial charge in [0.15, 0.2) is 0 Å². The Hall–Kier alpha value is -2.10. The van der Waals surface area contributed by atoms with E-state index in [2.05, 4.69) is 35.0 Å². The van der Waals surface area contributed by atoms with Gasteiger partial charge in [-0.1, -0.05) is 18.2 Å². The Morgan fingerprint density at radius 3 is 3.21 bits per heavy atom. The second-order valence-corrected chi connectivity index (χ2v) is 5.08. The van der Waals surface area contributed by atoms with Crippen molar-refractivity contribution in [2.45, 2.75) is 12.8 Å². The molecule has 1 amide bonds. The molecule has 1 atom stereocenters. The summed E-state index contributed by atoms with van der Waals surface area (Å²) in [6.45, 7) is 5.36. The first-order valence-corrected chi connectivity index (χ1v) is 6.58. The Balaban J connectivity index is 1.65. The molecule has 0 spiro atoms.